The first-order valence-electron chi connectivity index (χ1n) is 8.78. The number of tetrazole rings is 1. The Labute approximate surface area is 160 Å². The molecule has 0 fully saturated rings. The van der Waals surface area contributed by atoms with Gasteiger partial charge in [0.2, 0.25) is 5.91 Å². The van der Waals surface area contributed by atoms with Gasteiger partial charge in [0.05, 0.1) is 0 Å². The molecule has 2 aromatic carbocycles. The highest BCUT2D eigenvalue weighted by molar-refractivity contribution is 5.93. The van der Waals surface area contributed by atoms with E-state index in [-0.39, 0.29) is 0 Å². The highest BCUT2D eigenvalue weighted by Gasteiger charge is 2.13. The van der Waals surface area contributed by atoms with Gasteiger partial charge in [-0.3, -0.25) is 4.79 Å². The Bertz CT molecular complexity index is 1060. The lowest BCUT2D eigenvalue weighted by atomic mass is 10.1. The van der Waals surface area contributed by atoms with E-state index in [1.807, 2.05) is 22.9 Å². The average Bonchev–Trinajstić information content (AvgIpc) is 3.38. The third-order valence-electron chi connectivity index (χ3n) is 4.33. The summed E-state index contributed by atoms with van der Waals surface area (Å²) in [6, 6.07) is 17.1. The average molecular weight is 374 g/mol. The van der Waals surface area contributed by atoms with Crippen molar-refractivity contribution in [1.82, 2.24) is 35.0 Å². The Morgan fingerprint density at radius 2 is 1.82 bits per heavy atom. The van der Waals surface area contributed by atoms with Gasteiger partial charge in [0, 0.05) is 17.7 Å². The lowest BCUT2D eigenvalue weighted by Gasteiger charge is -2.05. The first-order chi connectivity index (χ1) is 13.7. The molecule has 9 nitrogen and oxygen atoms in total. The number of nitrogens with two attached hydrogens (primary N) is 1. The second kappa shape index (κ2) is 7.78. The van der Waals surface area contributed by atoms with Gasteiger partial charge in [0.15, 0.2) is 5.82 Å². The summed E-state index contributed by atoms with van der Waals surface area (Å²) in [7, 11) is 0. The minimum atomic E-state index is -0.465. The van der Waals surface area contributed by atoms with Crippen LogP contribution in [0.4, 0.5) is 0 Å². The van der Waals surface area contributed by atoms with E-state index in [0.29, 0.717) is 24.5 Å². The van der Waals surface area contributed by atoms with Crippen LogP contribution in [0.2, 0.25) is 0 Å². The van der Waals surface area contributed by atoms with Gasteiger partial charge in [0.25, 0.3) is 0 Å². The number of rotatable bonds is 7. The molecule has 0 aliphatic heterocycles. The van der Waals surface area contributed by atoms with Crippen LogP contribution in [0.5, 0.6) is 0 Å². The fourth-order valence-corrected chi connectivity index (χ4v) is 2.85. The second-order valence-electron chi connectivity index (χ2n) is 6.26. The minimum Gasteiger partial charge on any atom is -0.366 e. The van der Waals surface area contributed by atoms with Gasteiger partial charge in [0.1, 0.15) is 18.7 Å². The molecule has 0 aliphatic rings. The van der Waals surface area contributed by atoms with Crippen LogP contribution >= 0.6 is 0 Å². The summed E-state index contributed by atoms with van der Waals surface area (Å²) >= 11 is 0. The number of amides is 1. The molecular weight excluding hydrogens is 356 g/mol. The summed E-state index contributed by atoms with van der Waals surface area (Å²) < 4.78 is 3.47. The van der Waals surface area contributed by atoms with Crippen LogP contribution in [0.3, 0.4) is 0 Å². The largest absolute Gasteiger partial charge is 0.366 e. The van der Waals surface area contributed by atoms with Crippen molar-refractivity contribution < 1.29 is 4.79 Å². The molecular formula is C19H18N8O. The van der Waals surface area contributed by atoms with Gasteiger partial charge in [-0.15, -0.1) is 5.10 Å². The molecule has 0 spiro atoms. The van der Waals surface area contributed by atoms with E-state index in [2.05, 4.69) is 37.7 Å². The van der Waals surface area contributed by atoms with Crippen LogP contribution in [-0.2, 0) is 19.5 Å². The molecule has 0 saturated carbocycles. The SMILES string of the molecule is NC(=O)c1ccc(-c2nc(Cn3cnnn3)n(CCc3ccccc3)n2)cc1. The van der Waals surface area contributed by atoms with E-state index in [1.54, 1.807) is 28.9 Å². The zero-order valence-electron chi connectivity index (χ0n) is 15.0. The Morgan fingerprint density at radius 1 is 1.04 bits per heavy atom. The Hall–Kier alpha value is -3.88. The van der Waals surface area contributed by atoms with E-state index in [1.165, 1.54) is 11.9 Å². The van der Waals surface area contributed by atoms with Crippen molar-refractivity contribution in [2.75, 3.05) is 0 Å². The van der Waals surface area contributed by atoms with Crippen LogP contribution in [0.15, 0.2) is 60.9 Å². The Kier molecular flexibility index (Phi) is 4.87. The van der Waals surface area contributed by atoms with Gasteiger partial charge in [-0.05, 0) is 34.5 Å². The van der Waals surface area contributed by atoms with E-state index >= 15 is 0 Å². The topological polar surface area (TPSA) is 117 Å². The number of aryl methyl sites for hydroxylation is 2. The van der Waals surface area contributed by atoms with Crippen LogP contribution in [-0.4, -0.2) is 40.9 Å². The first kappa shape index (κ1) is 17.5. The van der Waals surface area contributed by atoms with Gasteiger partial charge >= 0.3 is 0 Å². The maximum absolute atomic E-state index is 11.3. The summed E-state index contributed by atoms with van der Waals surface area (Å²) in [6.07, 6.45) is 2.37. The van der Waals surface area contributed by atoms with Crippen molar-refractivity contribution in [3.63, 3.8) is 0 Å². The van der Waals surface area contributed by atoms with Crippen LogP contribution in [0.1, 0.15) is 21.7 Å². The number of nitrogens with zero attached hydrogens (tertiary/aromatic N) is 7. The molecule has 4 rings (SSSR count). The third kappa shape index (κ3) is 3.93. The molecule has 2 aromatic heterocycles. The number of carbonyl (C=O) groups is 1. The van der Waals surface area contributed by atoms with Gasteiger partial charge in [-0.25, -0.2) is 14.3 Å². The predicted molar refractivity (Wildman–Crippen MR) is 101 cm³/mol. The highest BCUT2D eigenvalue weighted by atomic mass is 16.1. The van der Waals surface area contributed by atoms with Crippen molar-refractivity contribution in [1.29, 1.82) is 0 Å². The predicted octanol–water partition coefficient (Wildman–Crippen LogP) is 1.32. The molecule has 9 heteroatoms. The molecule has 4 aromatic rings. The van der Waals surface area contributed by atoms with Gasteiger partial charge in [-0.1, -0.05) is 42.5 Å². The van der Waals surface area contributed by atoms with E-state index in [9.17, 15) is 4.79 Å². The summed E-state index contributed by atoms with van der Waals surface area (Å²) in [5.41, 5.74) is 7.78. The van der Waals surface area contributed by atoms with Crippen molar-refractivity contribution >= 4 is 5.91 Å². The summed E-state index contributed by atoms with van der Waals surface area (Å²) in [5, 5.41) is 15.9. The number of primary amides is 1. The number of benzene rings is 2. The number of hydrogen-bond donors (Lipinski definition) is 1. The van der Waals surface area contributed by atoms with Crippen LogP contribution in [0, 0.1) is 0 Å². The molecule has 2 N–H and O–H groups in total. The van der Waals surface area contributed by atoms with Gasteiger partial charge < -0.3 is 5.73 Å². The molecule has 0 radical (unpaired) electrons. The zero-order valence-corrected chi connectivity index (χ0v) is 15.0. The molecule has 140 valence electrons. The fraction of sp³-hybridized carbons (Fsp3) is 0.158. The molecule has 28 heavy (non-hydrogen) atoms. The summed E-state index contributed by atoms with van der Waals surface area (Å²) in [6.45, 7) is 1.09. The van der Waals surface area contributed by atoms with Crippen molar-refractivity contribution in [3.05, 3.63) is 77.9 Å². The monoisotopic (exact) mass is 374 g/mol. The lowest BCUT2D eigenvalue weighted by Crippen LogP contribution is -2.12. The molecule has 0 bridgehead atoms. The number of aromatic nitrogens is 7. The Balaban J connectivity index is 1.61. The van der Waals surface area contributed by atoms with Gasteiger partial charge in [-0.2, -0.15) is 5.10 Å². The van der Waals surface area contributed by atoms with Crippen molar-refractivity contribution in [2.24, 2.45) is 5.73 Å². The smallest absolute Gasteiger partial charge is 0.248 e. The normalized spacial score (nSPS) is 10.9. The van der Waals surface area contributed by atoms with E-state index in [0.717, 1.165) is 17.8 Å². The molecule has 2 heterocycles. The van der Waals surface area contributed by atoms with E-state index in [4.69, 9.17) is 5.73 Å². The third-order valence-corrected chi connectivity index (χ3v) is 4.33. The molecule has 0 atom stereocenters. The van der Waals surface area contributed by atoms with E-state index < -0.39 is 5.91 Å². The second-order valence-corrected chi connectivity index (χ2v) is 6.26. The maximum atomic E-state index is 11.3. The lowest BCUT2D eigenvalue weighted by molar-refractivity contribution is 0.100. The number of carbonyl (C=O) groups excluding carboxylic acids is 1. The van der Waals surface area contributed by atoms with Crippen molar-refractivity contribution in [3.8, 4) is 11.4 Å². The fourth-order valence-electron chi connectivity index (χ4n) is 2.85. The molecule has 0 saturated heterocycles. The number of hydrogen-bond acceptors (Lipinski definition) is 6. The quantitative estimate of drug-likeness (QED) is 0.521. The molecule has 0 aliphatic carbocycles. The molecule has 0 unspecified atom stereocenters. The van der Waals surface area contributed by atoms with Crippen LogP contribution < -0.4 is 5.73 Å². The highest BCUT2D eigenvalue weighted by Crippen LogP contribution is 2.17. The first-order valence-corrected chi connectivity index (χ1v) is 8.78. The standard InChI is InChI=1S/C19H18N8O/c20-18(28)15-6-8-16(9-7-15)19-22-17(12-26-13-21-24-25-26)27(23-19)11-10-14-4-2-1-3-5-14/h1-9,13H,10-12H2,(H2,20,28). The van der Waals surface area contributed by atoms with Crippen LogP contribution in [0.25, 0.3) is 11.4 Å². The summed E-state index contributed by atoms with van der Waals surface area (Å²) in [5.74, 6) is 0.858. The molecule has 1 amide bonds. The minimum absolute atomic E-state index is 0.411. The zero-order chi connectivity index (χ0) is 19.3. The summed E-state index contributed by atoms with van der Waals surface area (Å²) in [4.78, 5) is 15.9. The van der Waals surface area contributed by atoms with Crippen molar-refractivity contribution in [2.45, 2.75) is 19.5 Å². The Morgan fingerprint density at radius 3 is 2.50 bits per heavy atom. The maximum Gasteiger partial charge on any atom is 0.248 e.